The van der Waals surface area contributed by atoms with Crippen molar-refractivity contribution in [3.05, 3.63) is 22.5 Å². The van der Waals surface area contributed by atoms with Crippen molar-refractivity contribution in [1.29, 1.82) is 0 Å². The average Bonchev–Trinajstić information content (AvgIpc) is 2.64. The van der Waals surface area contributed by atoms with E-state index >= 15 is 0 Å². The Morgan fingerprint density at radius 1 is 1.56 bits per heavy atom. The van der Waals surface area contributed by atoms with E-state index in [1.165, 1.54) is 0 Å². The Balaban J connectivity index is 2.40. The third kappa shape index (κ3) is 1.23. The molecule has 0 amide bonds. The first-order chi connectivity index (χ1) is 7.68. The molecule has 2 aromatic rings. The van der Waals surface area contributed by atoms with Crippen molar-refractivity contribution in [2.45, 2.75) is 20.1 Å². The van der Waals surface area contributed by atoms with Gasteiger partial charge >= 0.3 is 0 Å². The third-order valence-electron chi connectivity index (χ3n) is 3.04. The highest BCUT2D eigenvalue weighted by molar-refractivity contribution is 6.32. The topological polar surface area (TPSA) is 53.1 Å². The lowest BCUT2D eigenvalue weighted by Crippen LogP contribution is -2.17. The minimum Gasteiger partial charge on any atom is -0.397 e. The number of hydrogen-bond donors (Lipinski definition) is 1. The molecule has 2 N–H and O–H groups in total. The van der Waals surface area contributed by atoms with E-state index in [-0.39, 0.29) is 0 Å². The molecule has 0 aliphatic carbocycles. The lowest BCUT2D eigenvalue weighted by molar-refractivity contribution is 0.0831. The van der Waals surface area contributed by atoms with Crippen LogP contribution in [0.3, 0.4) is 0 Å². The van der Waals surface area contributed by atoms with Crippen molar-refractivity contribution in [2.24, 2.45) is 0 Å². The summed E-state index contributed by atoms with van der Waals surface area (Å²) in [5.74, 6) is 0.926. The van der Waals surface area contributed by atoms with Gasteiger partial charge in [0.05, 0.1) is 23.3 Å². The molecule has 0 bridgehead atoms. The first-order valence-electron chi connectivity index (χ1n) is 5.20. The summed E-state index contributed by atoms with van der Waals surface area (Å²) >= 11 is 6.10. The van der Waals surface area contributed by atoms with E-state index in [1.54, 1.807) is 0 Å². The number of fused-ring (bicyclic) bond motifs is 3. The van der Waals surface area contributed by atoms with Crippen molar-refractivity contribution in [1.82, 2.24) is 9.55 Å². The van der Waals surface area contributed by atoms with E-state index in [4.69, 9.17) is 22.1 Å². The second kappa shape index (κ2) is 3.37. The molecule has 0 radical (unpaired) electrons. The normalized spacial score (nSPS) is 15.4. The van der Waals surface area contributed by atoms with Crippen LogP contribution < -0.4 is 5.73 Å². The van der Waals surface area contributed by atoms with Crippen LogP contribution in [0.5, 0.6) is 0 Å². The second-order valence-corrected chi connectivity index (χ2v) is 4.40. The van der Waals surface area contributed by atoms with Crippen LogP contribution in [-0.2, 0) is 17.9 Å². The average molecular weight is 238 g/mol. The fraction of sp³-hybridized carbons (Fsp3) is 0.364. The van der Waals surface area contributed by atoms with Gasteiger partial charge in [-0.15, -0.1) is 0 Å². The zero-order valence-electron chi connectivity index (χ0n) is 8.96. The fourth-order valence-corrected chi connectivity index (χ4v) is 2.31. The lowest BCUT2D eigenvalue weighted by atomic mass is 10.1. The van der Waals surface area contributed by atoms with E-state index < -0.39 is 0 Å². The summed E-state index contributed by atoms with van der Waals surface area (Å²) < 4.78 is 7.49. The molecule has 0 unspecified atom stereocenters. The number of halogens is 1. The fourth-order valence-electron chi connectivity index (χ4n) is 2.11. The number of benzene rings is 1. The number of nitrogens with two attached hydrogens (primary N) is 1. The Bertz CT molecular complexity index is 576. The van der Waals surface area contributed by atoms with E-state index in [9.17, 15) is 0 Å². The molecule has 1 aliphatic rings. The van der Waals surface area contributed by atoms with Crippen molar-refractivity contribution >= 4 is 28.3 Å². The molecule has 0 fully saturated rings. The molecule has 84 valence electrons. The molecule has 4 nitrogen and oxygen atoms in total. The lowest BCUT2D eigenvalue weighted by Gasteiger charge is -2.16. The highest BCUT2D eigenvalue weighted by Gasteiger charge is 2.18. The van der Waals surface area contributed by atoms with Gasteiger partial charge in [-0.05, 0) is 18.6 Å². The molecular formula is C11H12ClN3O. The Labute approximate surface area is 98.0 Å². The number of aromatic nitrogens is 2. The maximum atomic E-state index is 6.10. The van der Waals surface area contributed by atoms with Crippen LogP contribution in [0.1, 0.15) is 11.4 Å². The van der Waals surface area contributed by atoms with Crippen molar-refractivity contribution in [2.75, 3.05) is 12.3 Å². The summed E-state index contributed by atoms with van der Waals surface area (Å²) in [4.78, 5) is 4.49. The summed E-state index contributed by atoms with van der Waals surface area (Å²) in [6, 6.07) is 1.87. The Kier molecular flexibility index (Phi) is 2.09. The molecule has 1 aromatic carbocycles. The zero-order valence-corrected chi connectivity index (χ0v) is 9.71. The quantitative estimate of drug-likeness (QED) is 0.714. The monoisotopic (exact) mass is 237 g/mol. The van der Waals surface area contributed by atoms with E-state index in [0.717, 1.165) is 34.7 Å². The van der Waals surface area contributed by atoms with Crippen LogP contribution in [0.2, 0.25) is 5.02 Å². The second-order valence-electron chi connectivity index (χ2n) is 4.00. The molecule has 5 heteroatoms. The number of hydrogen-bond acceptors (Lipinski definition) is 3. The van der Waals surface area contributed by atoms with Gasteiger partial charge < -0.3 is 15.0 Å². The van der Waals surface area contributed by atoms with Gasteiger partial charge in [0.1, 0.15) is 12.4 Å². The number of nitrogen functional groups attached to an aromatic ring is 1. The Hall–Kier alpha value is -1.26. The number of ether oxygens (including phenoxy) is 1. The molecule has 0 saturated heterocycles. The van der Waals surface area contributed by atoms with Crippen molar-refractivity contribution in [3.63, 3.8) is 0 Å². The number of anilines is 1. The van der Waals surface area contributed by atoms with Crippen LogP contribution >= 0.6 is 11.6 Å². The first-order valence-corrected chi connectivity index (χ1v) is 5.57. The third-order valence-corrected chi connectivity index (χ3v) is 3.44. The predicted octanol–water partition coefficient (Wildman–Crippen LogP) is 2.11. The smallest absolute Gasteiger partial charge is 0.136 e. The maximum Gasteiger partial charge on any atom is 0.136 e. The van der Waals surface area contributed by atoms with Gasteiger partial charge in [0.25, 0.3) is 0 Å². The van der Waals surface area contributed by atoms with E-state index in [1.807, 2.05) is 13.0 Å². The van der Waals surface area contributed by atoms with Gasteiger partial charge in [-0.1, -0.05) is 11.6 Å². The van der Waals surface area contributed by atoms with Crippen LogP contribution in [-0.4, -0.2) is 16.2 Å². The van der Waals surface area contributed by atoms with Gasteiger partial charge in [0.15, 0.2) is 0 Å². The van der Waals surface area contributed by atoms with Crippen LogP contribution in [0.15, 0.2) is 6.07 Å². The summed E-state index contributed by atoms with van der Waals surface area (Å²) in [6.07, 6.45) is 0. The molecule has 0 saturated carbocycles. The van der Waals surface area contributed by atoms with Gasteiger partial charge in [0.2, 0.25) is 0 Å². The minimum absolute atomic E-state index is 0.546. The molecule has 1 aromatic heterocycles. The molecule has 0 atom stereocenters. The molecule has 1 aliphatic heterocycles. The first kappa shape index (κ1) is 9.93. The minimum atomic E-state index is 0.546. The summed E-state index contributed by atoms with van der Waals surface area (Å²) in [6.45, 7) is 3.98. The summed E-state index contributed by atoms with van der Waals surface area (Å²) in [5, 5.41) is 0.668. The number of rotatable bonds is 0. The van der Waals surface area contributed by atoms with Gasteiger partial charge in [-0.3, -0.25) is 0 Å². The SMILES string of the molecule is Cc1c(Cl)cc2nc3n(c2c1N)CCOC3. The predicted molar refractivity (Wildman–Crippen MR) is 63.5 cm³/mol. The molecule has 16 heavy (non-hydrogen) atoms. The van der Waals surface area contributed by atoms with Gasteiger partial charge in [0, 0.05) is 11.6 Å². The summed E-state index contributed by atoms with van der Waals surface area (Å²) in [7, 11) is 0. The van der Waals surface area contributed by atoms with Gasteiger partial charge in [-0.25, -0.2) is 4.98 Å². The Morgan fingerprint density at radius 2 is 2.38 bits per heavy atom. The van der Waals surface area contributed by atoms with Crippen molar-refractivity contribution < 1.29 is 4.74 Å². The standard InChI is InChI=1S/C11H12ClN3O/c1-6-7(12)4-8-11(10(6)13)15-2-3-16-5-9(15)14-8/h4H,2-3,5,13H2,1H3. The largest absolute Gasteiger partial charge is 0.397 e. The van der Waals surface area contributed by atoms with Crippen LogP contribution in [0.4, 0.5) is 5.69 Å². The van der Waals surface area contributed by atoms with Crippen LogP contribution in [0, 0.1) is 6.92 Å². The summed E-state index contributed by atoms with van der Waals surface area (Å²) in [5.41, 5.74) is 9.59. The molecule has 2 heterocycles. The molecular weight excluding hydrogens is 226 g/mol. The van der Waals surface area contributed by atoms with E-state index in [2.05, 4.69) is 9.55 Å². The number of nitrogens with zero attached hydrogens (tertiary/aromatic N) is 2. The van der Waals surface area contributed by atoms with Crippen molar-refractivity contribution in [3.8, 4) is 0 Å². The molecule has 3 rings (SSSR count). The highest BCUT2D eigenvalue weighted by Crippen LogP contribution is 2.32. The highest BCUT2D eigenvalue weighted by atomic mass is 35.5. The zero-order chi connectivity index (χ0) is 11.3. The number of imidazole rings is 1. The molecule has 0 spiro atoms. The Morgan fingerprint density at radius 3 is 3.19 bits per heavy atom. The van der Waals surface area contributed by atoms with E-state index in [0.29, 0.717) is 18.2 Å². The van der Waals surface area contributed by atoms with Gasteiger partial charge in [-0.2, -0.15) is 0 Å². The maximum absolute atomic E-state index is 6.10. The van der Waals surface area contributed by atoms with Crippen LogP contribution in [0.25, 0.3) is 11.0 Å².